The van der Waals surface area contributed by atoms with Gasteiger partial charge in [-0.2, -0.15) is 0 Å². The average molecular weight is 492 g/mol. The zero-order valence-corrected chi connectivity index (χ0v) is 21.2. The van der Waals surface area contributed by atoms with Crippen molar-refractivity contribution in [3.05, 3.63) is 89.5 Å². The maximum Gasteiger partial charge on any atom is 0.261 e. The third-order valence-corrected chi connectivity index (χ3v) is 6.78. The Hall–Kier alpha value is -4.45. The van der Waals surface area contributed by atoms with Crippen LogP contribution in [0.15, 0.2) is 77.8 Å². The average Bonchev–Trinajstić information content (AvgIpc) is 2.91. The summed E-state index contributed by atoms with van der Waals surface area (Å²) < 4.78 is 0. The molecule has 2 amide bonds. The van der Waals surface area contributed by atoms with E-state index >= 15 is 0 Å². The number of aliphatic imine (C=N–C) groups is 1. The number of benzene rings is 4. The first-order chi connectivity index (χ1) is 17.9. The summed E-state index contributed by atoms with van der Waals surface area (Å²) in [4.78, 5) is 34.3. The largest absolute Gasteiger partial charge is 0.507 e. The predicted octanol–water partition coefficient (Wildman–Crippen LogP) is 6.43. The van der Waals surface area contributed by atoms with Crippen molar-refractivity contribution in [2.75, 3.05) is 25.5 Å². The third kappa shape index (κ3) is 4.47. The van der Waals surface area contributed by atoms with Crippen LogP contribution in [-0.2, 0) is 0 Å². The van der Waals surface area contributed by atoms with Crippen molar-refractivity contribution in [1.29, 1.82) is 0 Å². The first-order valence-corrected chi connectivity index (χ1v) is 12.5. The highest BCUT2D eigenvalue weighted by Crippen LogP contribution is 2.37. The number of carbonyl (C=O) groups excluding carboxylic acids is 2. The van der Waals surface area contributed by atoms with Gasteiger partial charge >= 0.3 is 0 Å². The van der Waals surface area contributed by atoms with Crippen LogP contribution >= 0.6 is 0 Å². The predicted molar refractivity (Wildman–Crippen MR) is 149 cm³/mol. The summed E-state index contributed by atoms with van der Waals surface area (Å²) in [7, 11) is 3.97. The quantitative estimate of drug-likeness (QED) is 0.239. The highest BCUT2D eigenvalue weighted by atomic mass is 16.3. The second-order valence-corrected chi connectivity index (χ2v) is 9.45. The summed E-state index contributed by atoms with van der Waals surface area (Å²) in [5.74, 6) is -0.364. The molecule has 0 bridgehead atoms. The third-order valence-electron chi connectivity index (χ3n) is 6.78. The first kappa shape index (κ1) is 24.3. The van der Waals surface area contributed by atoms with Crippen LogP contribution in [0.25, 0.3) is 21.9 Å². The van der Waals surface area contributed by atoms with Gasteiger partial charge in [0, 0.05) is 54.6 Å². The lowest BCUT2D eigenvalue weighted by atomic mass is 9.88. The number of hydrogen-bond acceptors (Lipinski definition) is 5. The van der Waals surface area contributed by atoms with Gasteiger partial charge in [0.05, 0.1) is 5.69 Å². The number of unbranched alkanes of at least 4 members (excludes halogenated alkanes) is 1. The van der Waals surface area contributed by atoms with Gasteiger partial charge in [0.15, 0.2) is 0 Å². The minimum atomic E-state index is -0.243. The number of hydrogen-bond donors (Lipinski definition) is 1. The lowest BCUT2D eigenvalue weighted by Crippen LogP contribution is -2.40. The zero-order chi connectivity index (χ0) is 26.1. The molecule has 1 aliphatic heterocycles. The molecule has 0 spiro atoms. The molecule has 0 aromatic heterocycles. The molecular weight excluding hydrogens is 462 g/mol. The first-order valence-electron chi connectivity index (χ1n) is 12.5. The van der Waals surface area contributed by atoms with Crippen LogP contribution in [0.2, 0.25) is 0 Å². The molecule has 0 atom stereocenters. The van der Waals surface area contributed by atoms with Gasteiger partial charge in [-0.25, -0.2) is 0 Å². The summed E-state index contributed by atoms with van der Waals surface area (Å²) in [5.41, 5.74) is 5.28. The van der Waals surface area contributed by atoms with Crippen LogP contribution in [0.4, 0.5) is 11.4 Å². The van der Waals surface area contributed by atoms with Crippen LogP contribution in [0.1, 0.15) is 46.0 Å². The van der Waals surface area contributed by atoms with Crippen LogP contribution in [-0.4, -0.2) is 48.7 Å². The van der Waals surface area contributed by atoms with E-state index in [0.717, 1.165) is 40.7 Å². The topological polar surface area (TPSA) is 73.2 Å². The fraction of sp³-hybridized carbons (Fsp3) is 0.194. The van der Waals surface area contributed by atoms with Crippen molar-refractivity contribution < 1.29 is 14.7 Å². The summed E-state index contributed by atoms with van der Waals surface area (Å²) in [5, 5.41) is 12.0. The van der Waals surface area contributed by atoms with Crippen LogP contribution < -0.4 is 4.90 Å². The molecule has 37 heavy (non-hydrogen) atoms. The van der Waals surface area contributed by atoms with E-state index in [-0.39, 0.29) is 17.6 Å². The molecule has 0 aliphatic carbocycles. The van der Waals surface area contributed by atoms with Gasteiger partial charge in [0.25, 0.3) is 11.8 Å². The molecule has 4 aromatic carbocycles. The van der Waals surface area contributed by atoms with E-state index in [2.05, 4.69) is 4.99 Å². The minimum absolute atomic E-state index is 0.122. The number of anilines is 1. The van der Waals surface area contributed by atoms with Crippen LogP contribution in [0, 0.1) is 0 Å². The van der Waals surface area contributed by atoms with Crippen molar-refractivity contribution in [2.45, 2.75) is 19.8 Å². The second-order valence-electron chi connectivity index (χ2n) is 9.45. The number of phenolic OH excluding ortho intramolecular Hbond substituents is 1. The van der Waals surface area contributed by atoms with Gasteiger partial charge < -0.3 is 10.0 Å². The lowest BCUT2D eigenvalue weighted by Gasteiger charge is -2.27. The SMILES string of the molecule is CCCCN1C(=O)c2cccc3c(-c4ccc(O)c(C=Nc5ccc(N(C)C)cc5)c4)ccc(c23)C1=O. The summed E-state index contributed by atoms with van der Waals surface area (Å²) >= 11 is 0. The van der Waals surface area contributed by atoms with Crippen molar-refractivity contribution in [2.24, 2.45) is 4.99 Å². The maximum atomic E-state index is 13.2. The number of phenols is 1. The molecule has 0 saturated carbocycles. The molecule has 0 radical (unpaired) electrons. The molecule has 5 rings (SSSR count). The van der Waals surface area contributed by atoms with Crippen molar-refractivity contribution >= 4 is 40.2 Å². The summed E-state index contributed by atoms with van der Waals surface area (Å²) in [6, 6.07) is 22.5. The van der Waals surface area contributed by atoms with Gasteiger partial charge in [-0.05, 0) is 71.5 Å². The van der Waals surface area contributed by atoms with Gasteiger partial charge in [-0.3, -0.25) is 19.5 Å². The number of nitrogens with zero attached hydrogens (tertiary/aromatic N) is 3. The van der Waals surface area contributed by atoms with E-state index in [1.807, 2.05) is 86.6 Å². The number of aromatic hydroxyl groups is 1. The van der Waals surface area contributed by atoms with Gasteiger partial charge in [-0.15, -0.1) is 0 Å². The molecule has 6 nitrogen and oxygen atoms in total. The van der Waals surface area contributed by atoms with E-state index in [4.69, 9.17) is 0 Å². The number of rotatable bonds is 7. The Kier molecular flexibility index (Phi) is 6.49. The Balaban J connectivity index is 1.54. The molecule has 0 unspecified atom stereocenters. The van der Waals surface area contributed by atoms with Crippen molar-refractivity contribution in [3.8, 4) is 16.9 Å². The summed E-state index contributed by atoms with van der Waals surface area (Å²) in [6.07, 6.45) is 3.33. The molecule has 1 N–H and O–H groups in total. The maximum absolute atomic E-state index is 13.2. The van der Waals surface area contributed by atoms with Crippen molar-refractivity contribution in [1.82, 2.24) is 4.90 Å². The van der Waals surface area contributed by atoms with E-state index in [0.29, 0.717) is 28.6 Å². The highest BCUT2D eigenvalue weighted by molar-refractivity contribution is 6.27. The zero-order valence-electron chi connectivity index (χ0n) is 21.2. The van der Waals surface area contributed by atoms with Crippen LogP contribution in [0.3, 0.4) is 0 Å². The smallest absolute Gasteiger partial charge is 0.261 e. The Morgan fingerprint density at radius 3 is 2.30 bits per heavy atom. The monoisotopic (exact) mass is 491 g/mol. The number of imide groups is 1. The molecule has 4 aromatic rings. The molecule has 0 fully saturated rings. The van der Waals surface area contributed by atoms with Crippen LogP contribution in [0.5, 0.6) is 5.75 Å². The second kappa shape index (κ2) is 9.90. The lowest BCUT2D eigenvalue weighted by molar-refractivity contribution is 0.0608. The van der Waals surface area contributed by atoms with E-state index in [1.54, 1.807) is 18.3 Å². The molecule has 186 valence electrons. The summed E-state index contributed by atoms with van der Waals surface area (Å²) in [6.45, 7) is 2.46. The Labute approximate surface area is 216 Å². The highest BCUT2D eigenvalue weighted by Gasteiger charge is 2.32. The van der Waals surface area contributed by atoms with E-state index < -0.39 is 0 Å². The fourth-order valence-electron chi connectivity index (χ4n) is 4.72. The van der Waals surface area contributed by atoms with Gasteiger partial charge in [0.2, 0.25) is 0 Å². The van der Waals surface area contributed by atoms with Crippen molar-refractivity contribution in [3.63, 3.8) is 0 Å². The number of amides is 2. The normalized spacial score (nSPS) is 13.1. The van der Waals surface area contributed by atoms with Gasteiger partial charge in [-0.1, -0.05) is 37.6 Å². The minimum Gasteiger partial charge on any atom is -0.507 e. The molecule has 1 heterocycles. The molecule has 0 saturated heterocycles. The fourth-order valence-corrected chi connectivity index (χ4v) is 4.72. The van der Waals surface area contributed by atoms with E-state index in [1.165, 1.54) is 4.90 Å². The molecule has 6 heteroatoms. The number of carbonyl (C=O) groups is 2. The van der Waals surface area contributed by atoms with E-state index in [9.17, 15) is 14.7 Å². The molecular formula is C31H29N3O3. The standard InChI is InChI=1S/C31H29N3O3/c1-4-5-17-34-30(36)26-8-6-7-25-24(14-15-27(29(25)26)31(34)37)20-9-16-28(35)21(18-20)19-32-22-10-12-23(13-11-22)33(2)3/h6-16,18-19,35H,4-5,17H2,1-3H3. The Morgan fingerprint density at radius 1 is 0.892 bits per heavy atom. The Morgan fingerprint density at radius 2 is 1.59 bits per heavy atom. The molecule has 1 aliphatic rings. The Bertz CT molecular complexity index is 1520. The van der Waals surface area contributed by atoms with Gasteiger partial charge in [0.1, 0.15) is 5.75 Å².